The molecule has 1 aliphatic heterocycles. The number of nitrogens with zero attached hydrogens (tertiary/aromatic N) is 3. The van der Waals surface area contributed by atoms with Crippen LogP contribution in [-0.2, 0) is 19.5 Å². The molecule has 0 aliphatic carbocycles. The number of furan rings is 1. The number of hydrogen-bond acceptors (Lipinski definition) is 4. The summed E-state index contributed by atoms with van der Waals surface area (Å²) in [6.45, 7) is 2.56. The summed E-state index contributed by atoms with van der Waals surface area (Å²) in [4.78, 5) is 11.8. The number of hydrogen-bond donors (Lipinski definition) is 0. The maximum atomic E-state index is 6.06. The minimum Gasteiger partial charge on any atom is -0.460 e. The van der Waals surface area contributed by atoms with E-state index in [1.807, 2.05) is 66.9 Å². The topological polar surface area (TPSA) is 42.2 Å². The molecule has 1 aliphatic rings. The van der Waals surface area contributed by atoms with E-state index in [0.29, 0.717) is 0 Å². The molecule has 4 aromatic rings. The molecule has 144 valence electrons. The first-order chi connectivity index (χ1) is 14.2. The van der Waals surface area contributed by atoms with Gasteiger partial charge in [-0.3, -0.25) is 4.90 Å². The van der Waals surface area contributed by atoms with Crippen molar-refractivity contribution in [2.75, 3.05) is 6.54 Å². The van der Waals surface area contributed by atoms with Crippen molar-refractivity contribution in [3.63, 3.8) is 0 Å². The van der Waals surface area contributed by atoms with Crippen LogP contribution < -0.4 is 0 Å². The van der Waals surface area contributed by atoms with E-state index >= 15 is 0 Å². The molecule has 0 fully saturated rings. The second-order valence-electron chi connectivity index (χ2n) is 7.27. The second kappa shape index (κ2) is 7.82. The summed E-state index contributed by atoms with van der Waals surface area (Å²) in [7, 11) is 0. The van der Waals surface area contributed by atoms with E-state index in [-0.39, 0.29) is 0 Å². The van der Waals surface area contributed by atoms with Crippen LogP contribution in [0.15, 0.2) is 77.3 Å². The van der Waals surface area contributed by atoms with Crippen molar-refractivity contribution >= 4 is 11.6 Å². The van der Waals surface area contributed by atoms with E-state index < -0.39 is 0 Å². The molecule has 0 unspecified atom stereocenters. The van der Waals surface area contributed by atoms with Gasteiger partial charge >= 0.3 is 0 Å². The largest absolute Gasteiger partial charge is 0.460 e. The Morgan fingerprint density at radius 1 is 0.931 bits per heavy atom. The summed E-state index contributed by atoms with van der Waals surface area (Å²) in [6.07, 6.45) is 2.89. The predicted octanol–water partition coefficient (Wildman–Crippen LogP) is 5.62. The Hall–Kier alpha value is -2.95. The molecular weight excluding hydrogens is 382 g/mol. The highest BCUT2D eigenvalue weighted by molar-refractivity contribution is 6.30. The van der Waals surface area contributed by atoms with Gasteiger partial charge in [-0.2, -0.15) is 0 Å². The summed E-state index contributed by atoms with van der Waals surface area (Å²) < 4.78 is 6.06. The third-order valence-corrected chi connectivity index (χ3v) is 5.47. The van der Waals surface area contributed by atoms with Crippen LogP contribution in [0.25, 0.3) is 22.7 Å². The first-order valence-corrected chi connectivity index (χ1v) is 10.1. The molecular formula is C24H20ClN3O. The normalized spacial score (nSPS) is 14.0. The Balaban J connectivity index is 1.29. The molecule has 0 saturated carbocycles. The van der Waals surface area contributed by atoms with Gasteiger partial charge in [-0.1, -0.05) is 41.9 Å². The van der Waals surface area contributed by atoms with E-state index in [4.69, 9.17) is 21.0 Å². The smallest absolute Gasteiger partial charge is 0.159 e. The van der Waals surface area contributed by atoms with E-state index in [1.54, 1.807) is 0 Å². The maximum Gasteiger partial charge on any atom is 0.159 e. The second-order valence-corrected chi connectivity index (χ2v) is 7.70. The number of fused-ring (bicyclic) bond motifs is 1. The quantitative estimate of drug-likeness (QED) is 0.445. The molecule has 2 aromatic carbocycles. The minimum atomic E-state index is 0.727. The Morgan fingerprint density at radius 2 is 1.76 bits per heavy atom. The Morgan fingerprint density at radius 3 is 2.59 bits per heavy atom. The van der Waals surface area contributed by atoms with Crippen LogP contribution in [0.1, 0.15) is 17.0 Å². The molecule has 5 heteroatoms. The van der Waals surface area contributed by atoms with Crippen molar-refractivity contribution in [1.82, 2.24) is 14.9 Å². The molecule has 0 saturated heterocycles. The van der Waals surface area contributed by atoms with Gasteiger partial charge in [0.15, 0.2) is 5.82 Å². The van der Waals surface area contributed by atoms with Crippen molar-refractivity contribution in [2.24, 2.45) is 0 Å². The number of halogens is 1. The lowest BCUT2D eigenvalue weighted by molar-refractivity contribution is 0.224. The van der Waals surface area contributed by atoms with Crippen LogP contribution in [0, 0.1) is 0 Å². The highest BCUT2D eigenvalue weighted by atomic mass is 35.5. The molecule has 0 spiro atoms. The molecule has 0 bridgehead atoms. The lowest BCUT2D eigenvalue weighted by atomic mass is 10.1. The molecule has 2 aromatic heterocycles. The average molecular weight is 402 g/mol. The van der Waals surface area contributed by atoms with Gasteiger partial charge in [0.2, 0.25) is 0 Å². The zero-order chi connectivity index (χ0) is 19.6. The minimum absolute atomic E-state index is 0.727. The molecule has 4 nitrogen and oxygen atoms in total. The summed E-state index contributed by atoms with van der Waals surface area (Å²) in [5.74, 6) is 2.63. The number of benzene rings is 2. The van der Waals surface area contributed by atoms with E-state index in [2.05, 4.69) is 16.0 Å². The first kappa shape index (κ1) is 18.1. The van der Waals surface area contributed by atoms with Crippen molar-refractivity contribution in [3.05, 3.63) is 95.0 Å². The number of aromatic nitrogens is 2. The van der Waals surface area contributed by atoms with Gasteiger partial charge in [-0.05, 0) is 36.4 Å². The highest BCUT2D eigenvalue weighted by Crippen LogP contribution is 2.26. The van der Waals surface area contributed by atoms with E-state index in [1.165, 1.54) is 5.56 Å². The SMILES string of the molecule is Clc1ccc(-c2ccc(CN3CCc4nc(-c5ccccc5)ncc4C3)o2)cc1. The highest BCUT2D eigenvalue weighted by Gasteiger charge is 2.20. The molecule has 0 N–H and O–H groups in total. The zero-order valence-corrected chi connectivity index (χ0v) is 16.6. The maximum absolute atomic E-state index is 6.06. The van der Waals surface area contributed by atoms with Gasteiger partial charge in [-0.25, -0.2) is 9.97 Å². The van der Waals surface area contributed by atoms with E-state index in [0.717, 1.165) is 65.2 Å². The van der Waals surface area contributed by atoms with Crippen LogP contribution in [-0.4, -0.2) is 21.4 Å². The first-order valence-electron chi connectivity index (χ1n) is 9.72. The van der Waals surface area contributed by atoms with E-state index in [9.17, 15) is 0 Å². The van der Waals surface area contributed by atoms with Crippen LogP contribution >= 0.6 is 11.6 Å². The Bertz CT molecular complexity index is 1120. The number of rotatable bonds is 4. The van der Waals surface area contributed by atoms with Crippen molar-refractivity contribution in [1.29, 1.82) is 0 Å². The van der Waals surface area contributed by atoms with Gasteiger partial charge in [-0.15, -0.1) is 0 Å². The predicted molar refractivity (Wildman–Crippen MR) is 114 cm³/mol. The summed E-state index contributed by atoms with van der Waals surface area (Å²) in [6, 6.07) is 21.9. The van der Waals surface area contributed by atoms with Gasteiger partial charge in [0.1, 0.15) is 11.5 Å². The van der Waals surface area contributed by atoms with Crippen LogP contribution in [0.3, 0.4) is 0 Å². The van der Waals surface area contributed by atoms with Crippen LogP contribution in [0.4, 0.5) is 0 Å². The lowest BCUT2D eigenvalue weighted by Gasteiger charge is -2.27. The van der Waals surface area contributed by atoms with Gasteiger partial charge in [0.05, 0.1) is 12.2 Å². The van der Waals surface area contributed by atoms with Gasteiger partial charge in [0.25, 0.3) is 0 Å². The summed E-state index contributed by atoms with van der Waals surface area (Å²) in [5, 5.41) is 0.727. The van der Waals surface area contributed by atoms with Crippen molar-refractivity contribution in [3.8, 4) is 22.7 Å². The average Bonchev–Trinajstić information content (AvgIpc) is 3.23. The van der Waals surface area contributed by atoms with Crippen molar-refractivity contribution in [2.45, 2.75) is 19.5 Å². The molecule has 0 radical (unpaired) electrons. The molecule has 3 heterocycles. The lowest BCUT2D eigenvalue weighted by Crippen LogP contribution is -2.30. The Labute approximate surface area is 174 Å². The van der Waals surface area contributed by atoms with Crippen molar-refractivity contribution < 1.29 is 4.42 Å². The molecule has 0 amide bonds. The summed E-state index contributed by atoms with van der Waals surface area (Å²) in [5.41, 5.74) is 4.44. The fraction of sp³-hybridized carbons (Fsp3) is 0.167. The van der Waals surface area contributed by atoms with Gasteiger partial charge in [0, 0.05) is 47.4 Å². The monoisotopic (exact) mass is 401 g/mol. The molecule has 29 heavy (non-hydrogen) atoms. The fourth-order valence-corrected chi connectivity index (χ4v) is 3.81. The van der Waals surface area contributed by atoms with Crippen LogP contribution in [0.5, 0.6) is 0 Å². The summed E-state index contributed by atoms with van der Waals surface area (Å²) >= 11 is 5.97. The molecule has 5 rings (SSSR count). The fourth-order valence-electron chi connectivity index (χ4n) is 3.69. The Kier molecular flexibility index (Phi) is 4.88. The third-order valence-electron chi connectivity index (χ3n) is 5.21. The van der Waals surface area contributed by atoms with Gasteiger partial charge < -0.3 is 4.42 Å². The standard InChI is InChI=1S/C24H20ClN3O/c25-20-8-6-17(7-9-20)23-11-10-21(29-23)16-28-13-12-22-19(15-28)14-26-24(27-22)18-4-2-1-3-5-18/h1-11,14H,12-13,15-16H2. The molecule has 0 atom stereocenters. The zero-order valence-electron chi connectivity index (χ0n) is 15.9. The van der Waals surface area contributed by atoms with Crippen LogP contribution in [0.2, 0.25) is 5.02 Å². The third kappa shape index (κ3) is 3.95.